The molecule has 1 amide bonds. The van der Waals surface area contributed by atoms with Crippen molar-refractivity contribution in [3.8, 4) is 0 Å². The zero-order valence-corrected chi connectivity index (χ0v) is 13.8. The quantitative estimate of drug-likeness (QED) is 0.849. The number of hydrogen-bond donors (Lipinski definition) is 1. The van der Waals surface area contributed by atoms with Gasteiger partial charge in [-0.2, -0.15) is 0 Å². The molecule has 1 aromatic rings. The molecule has 0 aliphatic rings. The first-order valence-corrected chi connectivity index (χ1v) is 7.38. The second-order valence-electron chi connectivity index (χ2n) is 6.70. The van der Waals surface area contributed by atoms with E-state index in [4.69, 9.17) is 4.74 Å². The first-order chi connectivity index (χ1) is 10.1. The third-order valence-electron chi connectivity index (χ3n) is 2.81. The summed E-state index contributed by atoms with van der Waals surface area (Å²) in [5, 5.41) is 2.67. The van der Waals surface area contributed by atoms with Crippen molar-refractivity contribution in [3.05, 3.63) is 35.6 Å². The number of carbonyl (C=O) groups is 2. The normalized spacial score (nSPS) is 12.9. The molecule has 122 valence electrons. The van der Waals surface area contributed by atoms with Crippen molar-refractivity contribution in [2.45, 2.75) is 52.7 Å². The van der Waals surface area contributed by atoms with Gasteiger partial charge in [0.05, 0.1) is 0 Å². The predicted octanol–water partition coefficient (Wildman–Crippen LogP) is 3.31. The monoisotopic (exact) mass is 309 g/mol. The van der Waals surface area contributed by atoms with Crippen LogP contribution >= 0.6 is 0 Å². The van der Waals surface area contributed by atoms with Gasteiger partial charge >= 0.3 is 5.97 Å². The van der Waals surface area contributed by atoms with Crippen molar-refractivity contribution in [1.82, 2.24) is 5.32 Å². The fourth-order valence-electron chi connectivity index (χ4n) is 1.90. The minimum Gasteiger partial charge on any atom is -0.458 e. The van der Waals surface area contributed by atoms with Gasteiger partial charge in [0.1, 0.15) is 17.5 Å². The van der Waals surface area contributed by atoms with Crippen LogP contribution < -0.4 is 5.32 Å². The van der Waals surface area contributed by atoms with Gasteiger partial charge in [-0.05, 0) is 57.4 Å². The number of ether oxygens (including phenoxy) is 1. The maximum atomic E-state index is 12.9. The Morgan fingerprint density at radius 2 is 1.73 bits per heavy atom. The maximum absolute atomic E-state index is 12.9. The molecule has 0 saturated carbocycles. The zero-order chi connectivity index (χ0) is 16.9. The summed E-state index contributed by atoms with van der Waals surface area (Å²) in [4.78, 5) is 24.4. The molecule has 0 spiro atoms. The van der Waals surface area contributed by atoms with Crippen LogP contribution in [0.1, 0.15) is 51.4 Å². The Kier molecular flexibility index (Phi) is 6.09. The van der Waals surface area contributed by atoms with Gasteiger partial charge in [0.25, 0.3) is 5.91 Å². The number of benzene rings is 1. The van der Waals surface area contributed by atoms with Crippen LogP contribution in [0.25, 0.3) is 0 Å². The molecule has 0 bridgehead atoms. The van der Waals surface area contributed by atoms with E-state index in [-0.39, 0.29) is 5.92 Å². The Labute approximate surface area is 131 Å². The molecule has 1 unspecified atom stereocenters. The van der Waals surface area contributed by atoms with Gasteiger partial charge in [-0.15, -0.1) is 0 Å². The molecule has 0 fully saturated rings. The van der Waals surface area contributed by atoms with Crippen molar-refractivity contribution in [1.29, 1.82) is 0 Å². The van der Waals surface area contributed by atoms with E-state index in [1.807, 2.05) is 13.8 Å². The summed E-state index contributed by atoms with van der Waals surface area (Å²) in [6.07, 6.45) is 0.474. The Morgan fingerprint density at radius 1 is 1.18 bits per heavy atom. The van der Waals surface area contributed by atoms with Crippen molar-refractivity contribution >= 4 is 11.9 Å². The lowest BCUT2D eigenvalue weighted by molar-refractivity contribution is -0.157. The third kappa shape index (κ3) is 6.24. The lowest BCUT2D eigenvalue weighted by Gasteiger charge is -2.25. The molecule has 0 heterocycles. The van der Waals surface area contributed by atoms with Gasteiger partial charge in [-0.3, -0.25) is 4.79 Å². The van der Waals surface area contributed by atoms with Crippen LogP contribution in [0, 0.1) is 11.7 Å². The number of rotatable bonds is 5. The first kappa shape index (κ1) is 18.1. The number of esters is 1. The maximum Gasteiger partial charge on any atom is 0.329 e. The summed E-state index contributed by atoms with van der Waals surface area (Å²) in [6.45, 7) is 9.25. The van der Waals surface area contributed by atoms with E-state index in [1.54, 1.807) is 20.8 Å². The SMILES string of the molecule is CC(C)CC(NC(=O)c1ccc(F)cc1)C(=O)OC(C)(C)C. The summed E-state index contributed by atoms with van der Waals surface area (Å²) in [5.74, 6) is -1.08. The Morgan fingerprint density at radius 3 is 2.18 bits per heavy atom. The van der Waals surface area contributed by atoms with E-state index in [2.05, 4.69) is 5.32 Å². The average molecular weight is 309 g/mol. The number of hydrogen-bond acceptors (Lipinski definition) is 3. The van der Waals surface area contributed by atoms with E-state index in [0.29, 0.717) is 12.0 Å². The molecule has 0 aliphatic carbocycles. The minimum absolute atomic E-state index is 0.214. The largest absolute Gasteiger partial charge is 0.458 e. The summed E-state index contributed by atoms with van der Waals surface area (Å²) in [6, 6.07) is 4.45. The second-order valence-corrected chi connectivity index (χ2v) is 6.70. The number of amides is 1. The lowest BCUT2D eigenvalue weighted by Crippen LogP contribution is -2.44. The highest BCUT2D eigenvalue weighted by Crippen LogP contribution is 2.13. The van der Waals surface area contributed by atoms with Crippen LogP contribution in [0.2, 0.25) is 0 Å². The predicted molar refractivity (Wildman–Crippen MR) is 83.0 cm³/mol. The molecule has 1 N–H and O–H groups in total. The molecule has 1 aromatic carbocycles. The lowest BCUT2D eigenvalue weighted by atomic mass is 10.0. The van der Waals surface area contributed by atoms with Crippen molar-refractivity contribution in [3.63, 3.8) is 0 Å². The molecular formula is C17H24FNO3. The fourth-order valence-corrected chi connectivity index (χ4v) is 1.90. The van der Waals surface area contributed by atoms with E-state index >= 15 is 0 Å². The summed E-state index contributed by atoms with van der Waals surface area (Å²) in [5.41, 5.74) is -0.314. The van der Waals surface area contributed by atoms with Gasteiger partial charge in [0, 0.05) is 5.56 Å². The third-order valence-corrected chi connectivity index (χ3v) is 2.81. The molecule has 5 heteroatoms. The Balaban J connectivity index is 2.82. The van der Waals surface area contributed by atoms with Gasteiger partial charge in [0.2, 0.25) is 0 Å². The summed E-state index contributed by atoms with van der Waals surface area (Å²) in [7, 11) is 0. The average Bonchev–Trinajstić information content (AvgIpc) is 2.36. The van der Waals surface area contributed by atoms with E-state index in [9.17, 15) is 14.0 Å². The number of nitrogens with one attached hydrogen (secondary N) is 1. The van der Waals surface area contributed by atoms with Crippen LogP contribution in [0.15, 0.2) is 24.3 Å². The van der Waals surface area contributed by atoms with E-state index in [1.165, 1.54) is 24.3 Å². The minimum atomic E-state index is -0.725. The zero-order valence-electron chi connectivity index (χ0n) is 13.8. The summed E-state index contributed by atoms with van der Waals surface area (Å²) >= 11 is 0. The van der Waals surface area contributed by atoms with Crippen LogP contribution in [0.5, 0.6) is 0 Å². The molecule has 0 saturated heterocycles. The van der Waals surface area contributed by atoms with Crippen LogP contribution in [0.3, 0.4) is 0 Å². The Hall–Kier alpha value is -1.91. The fraction of sp³-hybridized carbons (Fsp3) is 0.529. The molecule has 22 heavy (non-hydrogen) atoms. The van der Waals surface area contributed by atoms with Crippen molar-refractivity contribution in [2.24, 2.45) is 5.92 Å². The molecule has 0 aliphatic heterocycles. The molecule has 1 atom stereocenters. The molecule has 0 radical (unpaired) electrons. The van der Waals surface area contributed by atoms with Crippen molar-refractivity contribution < 1.29 is 18.7 Å². The van der Waals surface area contributed by atoms with Crippen molar-refractivity contribution in [2.75, 3.05) is 0 Å². The smallest absolute Gasteiger partial charge is 0.329 e. The van der Waals surface area contributed by atoms with Gasteiger partial charge in [-0.25, -0.2) is 9.18 Å². The highest BCUT2D eigenvalue weighted by atomic mass is 19.1. The molecule has 1 rings (SSSR count). The molecule has 0 aromatic heterocycles. The van der Waals surface area contributed by atoms with Gasteiger partial charge in [0.15, 0.2) is 0 Å². The first-order valence-electron chi connectivity index (χ1n) is 7.38. The number of carbonyl (C=O) groups excluding carboxylic acids is 2. The topological polar surface area (TPSA) is 55.4 Å². The Bertz CT molecular complexity index is 518. The standard InChI is InChI=1S/C17H24FNO3/c1-11(2)10-14(16(21)22-17(3,4)5)19-15(20)12-6-8-13(18)9-7-12/h6-9,11,14H,10H2,1-5H3,(H,19,20). The van der Waals surface area contributed by atoms with Gasteiger partial charge < -0.3 is 10.1 Å². The summed E-state index contributed by atoms with van der Waals surface area (Å²) < 4.78 is 18.2. The van der Waals surface area contributed by atoms with Crippen LogP contribution in [0.4, 0.5) is 4.39 Å². The van der Waals surface area contributed by atoms with Gasteiger partial charge in [-0.1, -0.05) is 13.8 Å². The molecular weight excluding hydrogens is 285 g/mol. The van der Waals surface area contributed by atoms with E-state index in [0.717, 1.165) is 0 Å². The highest BCUT2D eigenvalue weighted by Gasteiger charge is 2.27. The molecule has 4 nitrogen and oxygen atoms in total. The van der Waals surface area contributed by atoms with Crippen LogP contribution in [-0.2, 0) is 9.53 Å². The van der Waals surface area contributed by atoms with E-state index < -0.39 is 29.3 Å². The van der Waals surface area contributed by atoms with Crippen LogP contribution in [-0.4, -0.2) is 23.5 Å². The second kappa shape index (κ2) is 7.38. The highest BCUT2D eigenvalue weighted by molar-refractivity contribution is 5.96. The number of halogens is 1.